The van der Waals surface area contributed by atoms with Gasteiger partial charge >= 0.3 is 0 Å². The maximum atomic E-state index is 12.4. The molecule has 1 N–H and O–H groups in total. The second-order valence-electron chi connectivity index (χ2n) is 5.65. The lowest BCUT2D eigenvalue weighted by Crippen LogP contribution is -2.40. The van der Waals surface area contributed by atoms with Gasteiger partial charge in [-0.2, -0.15) is 0 Å². The third kappa shape index (κ3) is 4.33. The SMILES string of the molecule is C=C(C)COc1ccccc1NC(=O)C(C)N1CCCC1. The van der Waals surface area contributed by atoms with Crippen LogP contribution in [-0.2, 0) is 4.79 Å². The van der Waals surface area contributed by atoms with E-state index in [2.05, 4.69) is 16.8 Å². The Hall–Kier alpha value is -1.81. The van der Waals surface area contributed by atoms with E-state index in [-0.39, 0.29) is 11.9 Å². The van der Waals surface area contributed by atoms with Crippen LogP contribution in [-0.4, -0.2) is 36.5 Å². The van der Waals surface area contributed by atoms with E-state index in [1.807, 2.05) is 38.1 Å². The normalized spacial score (nSPS) is 16.5. The van der Waals surface area contributed by atoms with Gasteiger partial charge < -0.3 is 10.1 Å². The Labute approximate surface area is 126 Å². The van der Waals surface area contributed by atoms with E-state index in [4.69, 9.17) is 4.74 Å². The number of hydrogen-bond donors (Lipinski definition) is 1. The number of carbonyl (C=O) groups is 1. The molecule has 1 heterocycles. The van der Waals surface area contributed by atoms with Crippen LogP contribution in [0, 0.1) is 0 Å². The number of rotatable bonds is 6. The molecule has 0 bridgehead atoms. The molecule has 1 aromatic carbocycles. The highest BCUT2D eigenvalue weighted by Crippen LogP contribution is 2.25. The molecule has 0 saturated carbocycles. The van der Waals surface area contributed by atoms with Gasteiger partial charge in [0, 0.05) is 0 Å². The van der Waals surface area contributed by atoms with E-state index < -0.39 is 0 Å². The minimum atomic E-state index is -0.110. The molecule has 0 aromatic heterocycles. The number of amides is 1. The maximum Gasteiger partial charge on any atom is 0.241 e. The molecule has 4 heteroatoms. The van der Waals surface area contributed by atoms with Crippen molar-refractivity contribution in [2.24, 2.45) is 0 Å². The van der Waals surface area contributed by atoms with Gasteiger partial charge in [0.15, 0.2) is 0 Å². The van der Waals surface area contributed by atoms with Gasteiger partial charge in [0.2, 0.25) is 5.91 Å². The molecular formula is C17H24N2O2. The first-order valence-electron chi connectivity index (χ1n) is 7.49. The zero-order valence-corrected chi connectivity index (χ0v) is 12.9. The number of benzene rings is 1. The van der Waals surface area contributed by atoms with Crippen LogP contribution in [0.1, 0.15) is 26.7 Å². The Kier molecular flexibility index (Phi) is 5.39. The molecule has 1 fully saturated rings. The second kappa shape index (κ2) is 7.27. The van der Waals surface area contributed by atoms with Crippen LogP contribution in [0.5, 0.6) is 5.75 Å². The number of ether oxygens (including phenoxy) is 1. The van der Waals surface area contributed by atoms with Crippen molar-refractivity contribution >= 4 is 11.6 Å². The lowest BCUT2D eigenvalue weighted by molar-refractivity contribution is -0.120. The highest BCUT2D eigenvalue weighted by molar-refractivity contribution is 5.95. The van der Waals surface area contributed by atoms with Gasteiger partial charge in [-0.05, 0) is 57.5 Å². The molecule has 1 aliphatic rings. The fraction of sp³-hybridized carbons (Fsp3) is 0.471. The summed E-state index contributed by atoms with van der Waals surface area (Å²) in [6.45, 7) is 10.1. The number of anilines is 1. The first-order chi connectivity index (χ1) is 10.1. The second-order valence-corrected chi connectivity index (χ2v) is 5.65. The zero-order valence-electron chi connectivity index (χ0n) is 12.9. The summed E-state index contributed by atoms with van der Waals surface area (Å²) in [7, 11) is 0. The smallest absolute Gasteiger partial charge is 0.241 e. The van der Waals surface area contributed by atoms with Crippen LogP contribution in [0.25, 0.3) is 0 Å². The predicted octanol–water partition coefficient (Wildman–Crippen LogP) is 3.06. The molecule has 1 aromatic rings. The Balaban J connectivity index is 2.00. The third-order valence-electron chi connectivity index (χ3n) is 3.69. The molecule has 21 heavy (non-hydrogen) atoms. The Morgan fingerprint density at radius 3 is 2.71 bits per heavy atom. The van der Waals surface area contributed by atoms with Crippen LogP contribution in [0.2, 0.25) is 0 Å². The van der Waals surface area contributed by atoms with Crippen molar-refractivity contribution in [2.45, 2.75) is 32.7 Å². The van der Waals surface area contributed by atoms with Crippen LogP contribution in [0.4, 0.5) is 5.69 Å². The van der Waals surface area contributed by atoms with Crippen molar-refractivity contribution in [3.63, 3.8) is 0 Å². The summed E-state index contributed by atoms with van der Waals surface area (Å²) in [5.41, 5.74) is 1.66. The standard InChI is InChI=1S/C17H24N2O2/c1-13(2)12-21-16-9-5-4-8-15(16)18-17(20)14(3)19-10-6-7-11-19/h4-5,8-9,14H,1,6-7,10-12H2,2-3H3,(H,18,20). The molecule has 1 aliphatic heterocycles. The van der Waals surface area contributed by atoms with E-state index in [0.717, 1.165) is 24.4 Å². The molecule has 0 radical (unpaired) electrons. The molecular weight excluding hydrogens is 264 g/mol. The van der Waals surface area contributed by atoms with Crippen LogP contribution in [0.15, 0.2) is 36.4 Å². The van der Waals surface area contributed by atoms with Crippen molar-refractivity contribution in [3.05, 3.63) is 36.4 Å². The number of carbonyl (C=O) groups excluding carboxylic acids is 1. The molecule has 1 saturated heterocycles. The average molecular weight is 288 g/mol. The third-order valence-corrected chi connectivity index (χ3v) is 3.69. The van der Waals surface area contributed by atoms with Crippen LogP contribution in [0.3, 0.4) is 0 Å². The summed E-state index contributed by atoms with van der Waals surface area (Å²) in [5, 5.41) is 2.98. The average Bonchev–Trinajstić information content (AvgIpc) is 2.99. The van der Waals surface area contributed by atoms with E-state index in [1.165, 1.54) is 12.8 Å². The van der Waals surface area contributed by atoms with Gasteiger partial charge in [-0.25, -0.2) is 0 Å². The van der Waals surface area contributed by atoms with E-state index in [9.17, 15) is 4.79 Å². The largest absolute Gasteiger partial charge is 0.487 e. The van der Waals surface area contributed by atoms with Gasteiger partial charge in [0.05, 0.1) is 11.7 Å². The molecule has 0 spiro atoms. The first-order valence-corrected chi connectivity index (χ1v) is 7.49. The Morgan fingerprint density at radius 2 is 2.05 bits per heavy atom. The predicted molar refractivity (Wildman–Crippen MR) is 85.6 cm³/mol. The van der Waals surface area contributed by atoms with Gasteiger partial charge in [-0.15, -0.1) is 0 Å². The molecule has 1 atom stereocenters. The summed E-state index contributed by atoms with van der Waals surface area (Å²) in [4.78, 5) is 14.6. The van der Waals surface area contributed by atoms with Gasteiger partial charge in [0.25, 0.3) is 0 Å². The highest BCUT2D eigenvalue weighted by atomic mass is 16.5. The molecule has 4 nitrogen and oxygen atoms in total. The van der Waals surface area contributed by atoms with Crippen LogP contribution >= 0.6 is 0 Å². The summed E-state index contributed by atoms with van der Waals surface area (Å²) < 4.78 is 5.68. The monoisotopic (exact) mass is 288 g/mol. The van der Waals surface area contributed by atoms with E-state index >= 15 is 0 Å². The summed E-state index contributed by atoms with van der Waals surface area (Å²) in [5.74, 6) is 0.700. The maximum absolute atomic E-state index is 12.4. The quantitative estimate of drug-likeness (QED) is 0.818. The van der Waals surface area contributed by atoms with E-state index in [1.54, 1.807) is 0 Å². The van der Waals surface area contributed by atoms with Crippen LogP contribution < -0.4 is 10.1 Å². The summed E-state index contributed by atoms with van der Waals surface area (Å²) in [6, 6.07) is 7.40. The number of hydrogen-bond acceptors (Lipinski definition) is 3. The molecule has 1 amide bonds. The Bertz CT molecular complexity index is 507. The minimum absolute atomic E-state index is 0.0169. The minimum Gasteiger partial charge on any atom is -0.487 e. The number of nitrogens with zero attached hydrogens (tertiary/aromatic N) is 1. The number of para-hydroxylation sites is 2. The highest BCUT2D eigenvalue weighted by Gasteiger charge is 2.24. The fourth-order valence-electron chi connectivity index (χ4n) is 2.43. The number of likely N-dealkylation sites (tertiary alicyclic amines) is 1. The molecule has 1 unspecified atom stereocenters. The van der Waals surface area contributed by atoms with Crippen molar-refractivity contribution in [2.75, 3.05) is 25.0 Å². The van der Waals surface area contributed by atoms with Crippen molar-refractivity contribution in [1.29, 1.82) is 0 Å². The topological polar surface area (TPSA) is 41.6 Å². The molecule has 2 rings (SSSR count). The summed E-state index contributed by atoms with van der Waals surface area (Å²) in [6.07, 6.45) is 2.35. The van der Waals surface area contributed by atoms with Gasteiger partial charge in [0.1, 0.15) is 12.4 Å². The van der Waals surface area contributed by atoms with Crippen molar-refractivity contribution in [3.8, 4) is 5.75 Å². The molecule has 114 valence electrons. The first kappa shape index (κ1) is 15.6. The zero-order chi connectivity index (χ0) is 15.2. The van der Waals surface area contributed by atoms with Crippen molar-refractivity contribution < 1.29 is 9.53 Å². The lowest BCUT2D eigenvalue weighted by atomic mass is 10.2. The fourth-order valence-corrected chi connectivity index (χ4v) is 2.43. The van der Waals surface area contributed by atoms with E-state index in [0.29, 0.717) is 12.4 Å². The lowest BCUT2D eigenvalue weighted by Gasteiger charge is -2.23. The van der Waals surface area contributed by atoms with Gasteiger partial charge in [-0.1, -0.05) is 18.7 Å². The Morgan fingerprint density at radius 1 is 1.38 bits per heavy atom. The van der Waals surface area contributed by atoms with Gasteiger partial charge in [-0.3, -0.25) is 9.69 Å². The summed E-state index contributed by atoms with van der Waals surface area (Å²) >= 11 is 0. The molecule has 0 aliphatic carbocycles. The number of nitrogens with one attached hydrogen (secondary N) is 1. The van der Waals surface area contributed by atoms with Crippen molar-refractivity contribution in [1.82, 2.24) is 4.90 Å².